The Bertz CT molecular complexity index is 490. The second kappa shape index (κ2) is 5.65. The number of hydrogen-bond donors (Lipinski definition) is 2. The normalized spacial score (nSPS) is 11.8. The molecule has 8 heteroatoms. The first kappa shape index (κ1) is 14.2. The first-order valence-corrected chi connectivity index (χ1v) is 7.28. The Hall–Kier alpha value is -0.860. The molecular formula is C9H15BrN4O2S. The first-order chi connectivity index (χ1) is 7.83. The van der Waals surface area contributed by atoms with Crippen LogP contribution in [0.15, 0.2) is 16.7 Å². The van der Waals surface area contributed by atoms with Crippen molar-refractivity contribution in [2.45, 2.75) is 0 Å². The molecule has 0 aromatic carbocycles. The van der Waals surface area contributed by atoms with Crippen molar-refractivity contribution in [3.05, 3.63) is 16.7 Å². The van der Waals surface area contributed by atoms with E-state index >= 15 is 0 Å². The first-order valence-electron chi connectivity index (χ1n) is 4.88. The van der Waals surface area contributed by atoms with Crippen LogP contribution in [-0.4, -0.2) is 44.1 Å². The van der Waals surface area contributed by atoms with Crippen molar-refractivity contribution in [2.24, 2.45) is 0 Å². The fraction of sp³-hybridized carbons (Fsp3) is 0.444. The highest BCUT2D eigenvalue weighted by Crippen LogP contribution is 2.19. The van der Waals surface area contributed by atoms with E-state index in [0.717, 1.165) is 4.47 Å². The molecule has 0 saturated carbocycles. The summed E-state index contributed by atoms with van der Waals surface area (Å²) < 4.78 is 24.9. The molecule has 0 radical (unpaired) electrons. The Balaban J connectivity index is 2.58. The monoisotopic (exact) mass is 322 g/mol. The van der Waals surface area contributed by atoms with Gasteiger partial charge in [0.25, 0.3) is 0 Å². The summed E-state index contributed by atoms with van der Waals surface area (Å²) in [7, 11) is -0.193. The van der Waals surface area contributed by atoms with Gasteiger partial charge >= 0.3 is 0 Å². The van der Waals surface area contributed by atoms with E-state index in [2.05, 4.69) is 26.2 Å². The van der Waals surface area contributed by atoms with E-state index in [0.29, 0.717) is 11.5 Å². The molecule has 1 aromatic rings. The van der Waals surface area contributed by atoms with E-state index in [9.17, 15) is 8.42 Å². The van der Waals surface area contributed by atoms with Gasteiger partial charge in [0.2, 0.25) is 10.0 Å². The van der Waals surface area contributed by atoms with E-state index < -0.39 is 10.0 Å². The third-order valence-corrected chi connectivity index (χ3v) is 4.36. The smallest absolute Gasteiger partial charge is 0.215 e. The Kier molecular flexibility index (Phi) is 4.72. The molecule has 0 unspecified atom stereocenters. The van der Waals surface area contributed by atoms with Crippen LogP contribution >= 0.6 is 15.9 Å². The Morgan fingerprint density at radius 2 is 2.18 bits per heavy atom. The van der Waals surface area contributed by atoms with Gasteiger partial charge in [0.05, 0.1) is 11.4 Å². The van der Waals surface area contributed by atoms with Crippen molar-refractivity contribution < 1.29 is 8.42 Å². The minimum absolute atomic E-state index is 0.00279. The molecule has 1 heterocycles. The van der Waals surface area contributed by atoms with Gasteiger partial charge in [-0.3, -0.25) is 0 Å². The quantitative estimate of drug-likeness (QED) is 0.834. The number of halogens is 1. The molecule has 0 aliphatic heterocycles. The molecule has 0 saturated heterocycles. The molecule has 17 heavy (non-hydrogen) atoms. The number of pyridine rings is 1. The minimum Gasteiger partial charge on any atom is -0.396 e. The van der Waals surface area contributed by atoms with Crippen LogP contribution in [0.2, 0.25) is 0 Å². The number of hydrogen-bond acceptors (Lipinski definition) is 5. The Morgan fingerprint density at radius 3 is 2.71 bits per heavy atom. The molecule has 0 amide bonds. The van der Waals surface area contributed by atoms with E-state index in [1.807, 2.05) is 0 Å². The van der Waals surface area contributed by atoms with Crippen LogP contribution in [0, 0.1) is 0 Å². The van der Waals surface area contributed by atoms with Crippen LogP contribution in [0.3, 0.4) is 0 Å². The maximum atomic E-state index is 11.5. The zero-order chi connectivity index (χ0) is 13.1. The lowest BCUT2D eigenvalue weighted by Gasteiger charge is -2.12. The Labute approximate surface area is 109 Å². The number of nitrogens with zero attached hydrogens (tertiary/aromatic N) is 2. The van der Waals surface area contributed by atoms with Crippen molar-refractivity contribution in [1.29, 1.82) is 0 Å². The largest absolute Gasteiger partial charge is 0.396 e. The van der Waals surface area contributed by atoms with E-state index in [1.54, 1.807) is 12.3 Å². The molecular weight excluding hydrogens is 308 g/mol. The summed E-state index contributed by atoms with van der Waals surface area (Å²) in [6, 6.07) is 1.70. The molecule has 1 rings (SSSR count). The average Bonchev–Trinajstić information content (AvgIpc) is 2.21. The number of rotatable bonds is 5. The highest BCUT2D eigenvalue weighted by atomic mass is 79.9. The van der Waals surface area contributed by atoms with Gasteiger partial charge in [0.1, 0.15) is 5.82 Å². The number of nitrogens with two attached hydrogens (primary N) is 1. The van der Waals surface area contributed by atoms with Gasteiger partial charge in [0.15, 0.2) is 0 Å². The van der Waals surface area contributed by atoms with E-state index in [-0.39, 0.29) is 12.3 Å². The molecule has 6 nitrogen and oxygen atoms in total. The second-order valence-corrected chi connectivity index (χ2v) is 6.83. The highest BCUT2D eigenvalue weighted by Gasteiger charge is 2.13. The molecule has 0 atom stereocenters. The minimum atomic E-state index is -3.20. The summed E-state index contributed by atoms with van der Waals surface area (Å²) in [5, 5.41) is 2.89. The maximum Gasteiger partial charge on any atom is 0.215 e. The SMILES string of the molecule is CN(C)S(=O)(=O)CCNc1ncc(Br)cc1N. The van der Waals surface area contributed by atoms with Gasteiger partial charge in [-0.05, 0) is 22.0 Å². The third-order valence-electron chi connectivity index (χ3n) is 2.09. The predicted molar refractivity (Wildman–Crippen MR) is 72.3 cm³/mol. The molecule has 96 valence electrons. The summed E-state index contributed by atoms with van der Waals surface area (Å²) in [6.45, 7) is 0.263. The highest BCUT2D eigenvalue weighted by molar-refractivity contribution is 9.10. The number of aromatic nitrogens is 1. The molecule has 3 N–H and O–H groups in total. The van der Waals surface area contributed by atoms with E-state index in [1.165, 1.54) is 18.4 Å². The Morgan fingerprint density at radius 1 is 1.53 bits per heavy atom. The molecule has 0 bridgehead atoms. The van der Waals surface area contributed by atoms with Crippen LogP contribution in [0.25, 0.3) is 0 Å². The van der Waals surface area contributed by atoms with Crippen molar-refractivity contribution in [3.8, 4) is 0 Å². The zero-order valence-electron chi connectivity index (χ0n) is 9.64. The van der Waals surface area contributed by atoms with Gasteiger partial charge in [-0.2, -0.15) is 0 Å². The van der Waals surface area contributed by atoms with Gasteiger partial charge < -0.3 is 11.1 Å². The van der Waals surface area contributed by atoms with Gasteiger partial charge in [-0.1, -0.05) is 0 Å². The maximum absolute atomic E-state index is 11.5. The van der Waals surface area contributed by atoms with Crippen LogP contribution in [0.1, 0.15) is 0 Å². The fourth-order valence-corrected chi connectivity index (χ4v) is 2.16. The van der Waals surface area contributed by atoms with Gasteiger partial charge in [-0.25, -0.2) is 17.7 Å². The average molecular weight is 323 g/mol. The standard InChI is InChI=1S/C9H15BrN4O2S/c1-14(2)17(15,16)4-3-12-9-8(11)5-7(10)6-13-9/h5-6H,3-4,11H2,1-2H3,(H,12,13). The summed E-state index contributed by atoms with van der Waals surface area (Å²) in [6.07, 6.45) is 1.60. The van der Waals surface area contributed by atoms with Crippen molar-refractivity contribution in [1.82, 2.24) is 9.29 Å². The number of nitrogens with one attached hydrogen (secondary N) is 1. The zero-order valence-corrected chi connectivity index (χ0v) is 12.0. The molecule has 0 aliphatic carbocycles. The van der Waals surface area contributed by atoms with Crippen molar-refractivity contribution >= 4 is 37.5 Å². The van der Waals surface area contributed by atoms with E-state index in [4.69, 9.17) is 5.73 Å². The van der Waals surface area contributed by atoms with Crippen LogP contribution in [0.5, 0.6) is 0 Å². The topological polar surface area (TPSA) is 88.3 Å². The molecule has 1 aromatic heterocycles. The van der Waals surface area contributed by atoms with Gasteiger partial charge in [0, 0.05) is 31.3 Å². The number of anilines is 2. The summed E-state index contributed by atoms with van der Waals surface area (Å²) in [5.74, 6) is 0.485. The molecule has 0 fully saturated rings. The lowest BCUT2D eigenvalue weighted by atomic mass is 10.4. The molecule has 0 aliphatic rings. The lowest BCUT2D eigenvalue weighted by Crippen LogP contribution is -2.28. The van der Waals surface area contributed by atoms with Gasteiger partial charge in [-0.15, -0.1) is 0 Å². The number of nitrogen functional groups attached to an aromatic ring is 1. The van der Waals surface area contributed by atoms with Crippen LogP contribution in [0.4, 0.5) is 11.5 Å². The summed E-state index contributed by atoms with van der Waals surface area (Å²) in [4.78, 5) is 4.05. The molecule has 0 spiro atoms. The van der Waals surface area contributed by atoms with Crippen LogP contribution < -0.4 is 11.1 Å². The number of sulfonamides is 1. The summed E-state index contributed by atoms with van der Waals surface area (Å²) in [5.41, 5.74) is 6.19. The predicted octanol–water partition coefficient (Wildman–Crippen LogP) is 0.730. The van der Waals surface area contributed by atoms with Crippen molar-refractivity contribution in [2.75, 3.05) is 37.4 Å². The lowest BCUT2D eigenvalue weighted by molar-refractivity contribution is 0.521. The summed E-state index contributed by atoms with van der Waals surface area (Å²) >= 11 is 3.24. The fourth-order valence-electron chi connectivity index (χ4n) is 1.08. The van der Waals surface area contributed by atoms with Crippen LogP contribution in [-0.2, 0) is 10.0 Å². The van der Waals surface area contributed by atoms with Crippen molar-refractivity contribution in [3.63, 3.8) is 0 Å². The second-order valence-electron chi connectivity index (χ2n) is 3.62. The third kappa shape index (κ3) is 4.14.